The second-order valence-corrected chi connectivity index (χ2v) is 30.1. The third-order valence-electron chi connectivity index (χ3n) is 21.9. The van der Waals surface area contributed by atoms with Crippen LogP contribution in [0.2, 0.25) is 0 Å². The van der Waals surface area contributed by atoms with Crippen LogP contribution in [0.15, 0.2) is 267 Å². The number of fused-ring (bicyclic) bond motifs is 12. The van der Waals surface area contributed by atoms with Crippen LogP contribution >= 0.6 is 0 Å². The summed E-state index contributed by atoms with van der Waals surface area (Å²) in [5.41, 5.74) is 24.8. The fourth-order valence-corrected chi connectivity index (χ4v) is 16.0. The summed E-state index contributed by atoms with van der Waals surface area (Å²) < 4.78 is 131. The maximum Gasteiger partial charge on any atom is 0.227 e. The Morgan fingerprint density at radius 3 is 0.992 bits per heavy atom. The number of rotatable bonds is 8. The van der Waals surface area contributed by atoms with E-state index in [1.165, 1.54) is 42.5 Å². The molecule has 12 heterocycles. The van der Waals surface area contributed by atoms with Crippen molar-refractivity contribution < 1.29 is 66.7 Å². The number of hydrogen-bond donors (Lipinski definition) is 0. The largest absolute Gasteiger partial charge is 0.437 e. The molecular weight excluding hydrogens is 1510 g/mol. The molecule has 0 aliphatic carbocycles. The van der Waals surface area contributed by atoms with Gasteiger partial charge in [-0.3, -0.25) is 0 Å². The quantitative estimate of drug-likeness (QED) is 0.109. The van der Waals surface area contributed by atoms with E-state index in [2.05, 4.69) is 57.2 Å². The number of nitrogens with zero attached hydrogens (tertiary/aromatic N) is 8. The molecule has 0 amide bonds. The summed E-state index contributed by atoms with van der Waals surface area (Å²) in [6.45, 7) is 15.8. The average Bonchev–Trinajstić information content (AvgIpc) is 1.64. The lowest BCUT2D eigenvalue weighted by molar-refractivity contribution is -0.660. The Bertz CT molecular complexity index is 7530. The fraction of sp³-hybridized carbons (Fsp3) is 0.120. The fourth-order valence-electron chi connectivity index (χ4n) is 16.0. The van der Waals surface area contributed by atoms with Crippen LogP contribution in [0, 0.1) is 96.1 Å². The van der Waals surface area contributed by atoms with Crippen LogP contribution in [0.5, 0.6) is 0 Å². The molecule has 0 fully saturated rings. The van der Waals surface area contributed by atoms with Gasteiger partial charge in [0.2, 0.25) is 45.6 Å². The molecule has 0 aliphatic heterocycles. The first-order valence-electron chi connectivity index (χ1n) is 38.6. The van der Waals surface area contributed by atoms with E-state index < -0.39 is 34.9 Å². The second-order valence-electron chi connectivity index (χ2n) is 30.1. The van der Waals surface area contributed by atoms with Crippen LogP contribution in [0.25, 0.3) is 178 Å². The highest BCUT2D eigenvalue weighted by atomic mass is 19.2. The Morgan fingerprint density at radius 2 is 0.597 bits per heavy atom. The van der Waals surface area contributed by atoms with Gasteiger partial charge in [0.25, 0.3) is 0 Å². The van der Waals surface area contributed by atoms with Crippen LogP contribution in [-0.2, 0) is 28.2 Å². The predicted molar refractivity (Wildman–Crippen MR) is 452 cm³/mol. The Balaban J connectivity index is 0.000000113. The Kier molecular flexibility index (Phi) is 20.1. The molecule has 0 saturated heterocycles. The minimum Gasteiger partial charge on any atom is -0.437 e. The van der Waals surface area contributed by atoms with Crippen LogP contribution < -0.4 is 18.3 Å². The van der Waals surface area contributed by atoms with E-state index in [0.717, 1.165) is 174 Å². The number of pyridine rings is 8. The Labute approximate surface area is 679 Å². The molecule has 0 radical (unpaired) electrons. The van der Waals surface area contributed by atoms with Gasteiger partial charge in [-0.25, -0.2) is 68.9 Å². The molecule has 19 heteroatoms. The summed E-state index contributed by atoms with van der Waals surface area (Å²) in [6.07, 6.45) is 7.60. The molecule has 0 spiro atoms. The lowest BCUT2D eigenvalue weighted by Gasteiger charge is -2.11. The van der Waals surface area contributed by atoms with E-state index in [1.54, 1.807) is 6.07 Å². The highest BCUT2D eigenvalue weighted by Gasteiger charge is 2.31. The van der Waals surface area contributed by atoms with Gasteiger partial charge in [-0.1, -0.05) is 66.7 Å². The lowest BCUT2D eigenvalue weighted by atomic mass is 9.94. The van der Waals surface area contributed by atoms with E-state index in [9.17, 15) is 30.7 Å². The van der Waals surface area contributed by atoms with Crippen molar-refractivity contribution in [2.75, 3.05) is 0 Å². The summed E-state index contributed by atoms with van der Waals surface area (Å²) in [4.78, 5) is 18.1. The van der Waals surface area contributed by atoms with Gasteiger partial charge in [0.05, 0.1) is 33.4 Å². The van der Waals surface area contributed by atoms with Gasteiger partial charge in [0.15, 0.2) is 47.1 Å². The Hall–Kier alpha value is -14.3. The maximum atomic E-state index is 14.7. The normalized spacial score (nSPS) is 11.5. The third kappa shape index (κ3) is 14.3. The predicted octanol–water partition coefficient (Wildman–Crippen LogP) is 24.0. The Morgan fingerprint density at radius 1 is 0.252 bits per heavy atom. The topological polar surface area (TPSA) is 120 Å². The monoisotopic (exact) mass is 1590 g/mol. The van der Waals surface area contributed by atoms with E-state index in [0.29, 0.717) is 67.4 Å². The van der Waals surface area contributed by atoms with Crippen molar-refractivity contribution in [3.63, 3.8) is 0 Å². The average molecular weight is 1590 g/mol. The van der Waals surface area contributed by atoms with E-state index >= 15 is 0 Å². The van der Waals surface area contributed by atoms with Crippen LogP contribution in [0.4, 0.5) is 30.7 Å². The van der Waals surface area contributed by atoms with Gasteiger partial charge in [0, 0.05) is 142 Å². The molecule has 8 aromatic carbocycles. The van der Waals surface area contributed by atoms with Gasteiger partial charge < -0.3 is 17.7 Å². The molecule has 12 aromatic heterocycles. The van der Waals surface area contributed by atoms with E-state index in [1.807, 2.05) is 247 Å². The first-order valence-corrected chi connectivity index (χ1v) is 38.6. The smallest absolute Gasteiger partial charge is 0.227 e. The summed E-state index contributed by atoms with van der Waals surface area (Å²) in [5.74, 6) is -3.80. The van der Waals surface area contributed by atoms with Crippen LogP contribution in [-0.4, -0.2) is 19.9 Å². The molecule has 0 aliphatic rings. The van der Waals surface area contributed by atoms with Crippen molar-refractivity contribution in [1.82, 2.24) is 19.9 Å². The molecule has 0 atom stereocenters. The number of furan rings is 4. The minimum atomic E-state index is -0.603. The van der Waals surface area contributed by atoms with Crippen molar-refractivity contribution in [3.8, 4) is 89.5 Å². The molecule has 12 nitrogen and oxygen atoms in total. The van der Waals surface area contributed by atoms with E-state index in [4.69, 9.17) is 17.7 Å². The van der Waals surface area contributed by atoms with Crippen molar-refractivity contribution >= 4 is 88.3 Å². The van der Waals surface area contributed by atoms with Gasteiger partial charge in [-0.2, -0.15) is 0 Å². The minimum absolute atomic E-state index is 0.244. The highest BCUT2D eigenvalue weighted by molar-refractivity contribution is 6.13. The highest BCUT2D eigenvalue weighted by Crippen LogP contribution is 2.45. The van der Waals surface area contributed by atoms with Gasteiger partial charge >= 0.3 is 0 Å². The molecule has 586 valence electrons. The molecule has 20 aromatic rings. The maximum absolute atomic E-state index is 14.7. The second kappa shape index (κ2) is 31.0. The van der Waals surface area contributed by atoms with Gasteiger partial charge in [-0.15, -0.1) is 0 Å². The molecule has 20 rings (SSSR count). The van der Waals surface area contributed by atoms with Crippen molar-refractivity contribution in [1.29, 1.82) is 0 Å². The summed E-state index contributed by atoms with van der Waals surface area (Å²) >= 11 is 0. The third-order valence-corrected chi connectivity index (χ3v) is 21.9. The SMILES string of the molecule is Cc1ccc2c(n1)oc1c(-c3c(-c4ccc(F)cc4F)ccc[n+]3C)c(C)ccc12.Cc1ccc2c(n1)oc1c(-c3c(-c4ccccc4F)ccc[n+]3C)c(C)ccc12.Cc1ccc2c(n1)oc1c(-c3cc(-c4ccc(F)cc4F)cc[n+]3C)c(C)ccc12.Cc1ccc2c(n1)oc1c(-c3ccc(-c4ccc(F)cc4F)c[n+]3C)c(C)ccc12. The number of aromatic nitrogens is 8. The van der Waals surface area contributed by atoms with E-state index in [-0.39, 0.29) is 5.82 Å². The standard InChI is InChI=1S/3C25H19F2N2O.C25H20FN2O/c1-14-4-8-19-20-9-5-15(2)28-25(20)30-24(19)23(14)22-11-6-16(13-29(22)3)18-10-7-17(26)12-21(18)27;1-14-4-7-19-20-8-5-15(2)28-25(20)30-24(19)23(14)22-12-16(10-11-29(22)3)18-9-6-17(26)13-21(18)27;1-14-6-9-19-20-10-7-15(2)28-25(20)30-24(19)22(14)23-18(5-4-12-29(23)3)17-11-8-16(26)13-21(17)27;1-15-10-12-19-20-13-11-16(2)27-25(20)29-24(19)22(15)23-18(8-6-14-28(23)3)17-7-4-5-9-21(17)26/h3*4-13H,1-3H3;4-14H,1-3H3/q4*+1. The summed E-state index contributed by atoms with van der Waals surface area (Å²) in [7, 11) is 7.72. The van der Waals surface area contributed by atoms with Crippen LogP contribution in [0.3, 0.4) is 0 Å². The molecule has 0 saturated carbocycles. The molecule has 119 heavy (non-hydrogen) atoms. The molecule has 0 unspecified atom stereocenters. The number of halogens is 7. The zero-order chi connectivity index (χ0) is 83.1. The molecule has 0 N–H and O–H groups in total. The number of benzene rings is 8. The van der Waals surface area contributed by atoms with Crippen LogP contribution in [0.1, 0.15) is 45.0 Å². The number of aryl methyl sites for hydroxylation is 12. The van der Waals surface area contributed by atoms with Crippen molar-refractivity contribution in [3.05, 3.63) is 335 Å². The number of hydrogen-bond acceptors (Lipinski definition) is 8. The summed E-state index contributed by atoms with van der Waals surface area (Å²) in [6, 6.07) is 65.3. The van der Waals surface area contributed by atoms with Gasteiger partial charge in [0.1, 0.15) is 68.9 Å². The first kappa shape index (κ1) is 77.3. The molecular formula is C100H77F7N8O4+4. The zero-order valence-corrected chi connectivity index (χ0v) is 67.0. The van der Waals surface area contributed by atoms with Crippen molar-refractivity contribution in [2.45, 2.75) is 55.4 Å². The first-order chi connectivity index (χ1) is 57.3. The molecule has 0 bridgehead atoms. The van der Waals surface area contributed by atoms with Crippen molar-refractivity contribution in [2.24, 2.45) is 28.2 Å². The summed E-state index contributed by atoms with van der Waals surface area (Å²) in [5, 5.41) is 7.81. The van der Waals surface area contributed by atoms with Gasteiger partial charge in [-0.05, 0) is 192 Å². The zero-order valence-electron chi connectivity index (χ0n) is 67.0. The lowest BCUT2D eigenvalue weighted by Crippen LogP contribution is -2.31.